The summed E-state index contributed by atoms with van der Waals surface area (Å²) in [6.45, 7) is 3.71. The van der Waals surface area contributed by atoms with E-state index < -0.39 is 0 Å². The van der Waals surface area contributed by atoms with Crippen molar-refractivity contribution in [1.29, 1.82) is 0 Å². The second-order valence-electron chi connectivity index (χ2n) is 6.05. The van der Waals surface area contributed by atoms with Gasteiger partial charge in [0.1, 0.15) is 12.0 Å². The summed E-state index contributed by atoms with van der Waals surface area (Å²) in [5.41, 5.74) is 2.38. The van der Waals surface area contributed by atoms with E-state index in [2.05, 4.69) is 15.5 Å². The maximum atomic E-state index is 12.5. The fraction of sp³-hybridized carbons (Fsp3) is 0.333. The molecule has 0 aliphatic carbocycles. The van der Waals surface area contributed by atoms with Crippen LogP contribution in [0.25, 0.3) is 0 Å². The third kappa shape index (κ3) is 3.10. The predicted octanol–water partition coefficient (Wildman–Crippen LogP) is 1.65. The molecule has 7 nitrogen and oxygen atoms in total. The number of nitrogens with zero attached hydrogens (tertiary/aromatic N) is 1. The summed E-state index contributed by atoms with van der Waals surface area (Å²) >= 11 is 0. The molecule has 2 aromatic rings. The molecule has 2 aliphatic heterocycles. The van der Waals surface area contributed by atoms with Crippen molar-refractivity contribution in [3.63, 3.8) is 0 Å². The number of fused-ring (bicyclic) bond motifs is 1. The molecule has 1 saturated heterocycles. The van der Waals surface area contributed by atoms with Crippen LogP contribution in [0.5, 0.6) is 0 Å². The van der Waals surface area contributed by atoms with E-state index in [-0.39, 0.29) is 17.4 Å². The zero-order chi connectivity index (χ0) is 17.2. The second kappa shape index (κ2) is 6.60. The number of hydrogen-bond donors (Lipinski definition) is 2. The highest BCUT2D eigenvalue weighted by Crippen LogP contribution is 2.23. The van der Waals surface area contributed by atoms with Crippen molar-refractivity contribution in [2.24, 2.45) is 0 Å². The number of hydrogen-bond acceptors (Lipinski definition) is 5. The summed E-state index contributed by atoms with van der Waals surface area (Å²) in [4.78, 5) is 26.7. The second-order valence-corrected chi connectivity index (χ2v) is 6.05. The molecule has 1 aromatic carbocycles. The minimum absolute atomic E-state index is 0.261. The molecule has 2 amide bonds. The highest BCUT2D eigenvalue weighted by atomic mass is 16.5. The van der Waals surface area contributed by atoms with E-state index in [4.69, 9.17) is 9.15 Å². The first-order valence-corrected chi connectivity index (χ1v) is 8.35. The third-order valence-electron chi connectivity index (χ3n) is 4.48. The topological polar surface area (TPSA) is 83.8 Å². The van der Waals surface area contributed by atoms with E-state index in [1.165, 1.54) is 6.26 Å². The summed E-state index contributed by atoms with van der Waals surface area (Å²) < 4.78 is 10.7. The molecule has 0 bridgehead atoms. The number of carbonyl (C=O) groups is 2. The quantitative estimate of drug-likeness (QED) is 0.887. The Kier molecular flexibility index (Phi) is 4.15. The normalized spacial score (nSPS) is 17.0. The van der Waals surface area contributed by atoms with E-state index in [1.54, 1.807) is 0 Å². The van der Waals surface area contributed by atoms with E-state index in [0.717, 1.165) is 32.0 Å². The Bertz CT molecular complexity index is 791. The summed E-state index contributed by atoms with van der Waals surface area (Å²) in [6.07, 6.45) is 1.95. The van der Waals surface area contributed by atoms with E-state index >= 15 is 0 Å². The van der Waals surface area contributed by atoms with E-state index in [0.29, 0.717) is 30.0 Å². The van der Waals surface area contributed by atoms with Crippen molar-refractivity contribution in [3.05, 3.63) is 47.4 Å². The lowest BCUT2D eigenvalue weighted by atomic mass is 10.0. The Morgan fingerprint density at radius 2 is 1.92 bits per heavy atom. The maximum Gasteiger partial charge on any atom is 0.259 e. The summed E-state index contributed by atoms with van der Waals surface area (Å²) in [7, 11) is 0. The zero-order valence-electron chi connectivity index (χ0n) is 13.7. The summed E-state index contributed by atoms with van der Waals surface area (Å²) in [5.74, 6) is -0.0412. The van der Waals surface area contributed by atoms with Gasteiger partial charge >= 0.3 is 0 Å². The first-order valence-electron chi connectivity index (χ1n) is 8.35. The average Bonchev–Trinajstić information content (AvgIpc) is 3.09. The van der Waals surface area contributed by atoms with Crippen molar-refractivity contribution in [3.8, 4) is 0 Å². The van der Waals surface area contributed by atoms with Crippen LogP contribution in [-0.4, -0.2) is 44.7 Å². The maximum absolute atomic E-state index is 12.5. The number of anilines is 2. The molecule has 1 aromatic heterocycles. The van der Waals surface area contributed by atoms with Gasteiger partial charge in [0.05, 0.1) is 24.3 Å². The Morgan fingerprint density at radius 3 is 2.68 bits per heavy atom. The molecule has 2 N–H and O–H groups in total. The number of nitrogens with one attached hydrogen (secondary N) is 2. The van der Waals surface area contributed by atoms with Crippen LogP contribution in [0.4, 0.5) is 11.4 Å². The predicted molar refractivity (Wildman–Crippen MR) is 92.2 cm³/mol. The van der Waals surface area contributed by atoms with Crippen LogP contribution >= 0.6 is 0 Å². The highest BCUT2D eigenvalue weighted by molar-refractivity contribution is 6.12. The molecule has 0 spiro atoms. The van der Waals surface area contributed by atoms with Crippen molar-refractivity contribution in [2.75, 3.05) is 43.1 Å². The minimum Gasteiger partial charge on any atom is -0.468 e. The van der Waals surface area contributed by atoms with Gasteiger partial charge in [-0.25, -0.2) is 0 Å². The molecule has 4 rings (SSSR count). The molecule has 3 heterocycles. The molecule has 0 saturated carbocycles. The van der Waals surface area contributed by atoms with Crippen molar-refractivity contribution in [1.82, 2.24) is 5.32 Å². The Hall–Kier alpha value is -2.80. The molecular formula is C18H19N3O4. The molecule has 130 valence electrons. The molecular weight excluding hydrogens is 322 g/mol. The lowest BCUT2D eigenvalue weighted by molar-refractivity contribution is 0.0932. The van der Waals surface area contributed by atoms with Gasteiger partial charge in [0, 0.05) is 37.4 Å². The molecule has 0 atom stereocenters. The van der Waals surface area contributed by atoms with Gasteiger partial charge in [-0.1, -0.05) is 0 Å². The Morgan fingerprint density at radius 1 is 1.16 bits per heavy atom. The van der Waals surface area contributed by atoms with Gasteiger partial charge in [-0.05, 0) is 24.3 Å². The molecule has 0 unspecified atom stereocenters. The molecule has 25 heavy (non-hydrogen) atoms. The van der Waals surface area contributed by atoms with E-state index in [1.807, 2.05) is 24.3 Å². The average molecular weight is 341 g/mol. The fourth-order valence-corrected chi connectivity index (χ4v) is 3.15. The number of rotatable bonds is 3. The number of carbonyl (C=O) groups excluding carboxylic acids is 2. The first-order chi connectivity index (χ1) is 12.2. The van der Waals surface area contributed by atoms with Crippen LogP contribution in [0.15, 0.2) is 34.9 Å². The largest absolute Gasteiger partial charge is 0.468 e. The van der Waals surface area contributed by atoms with Crippen LogP contribution in [0, 0.1) is 0 Å². The fourth-order valence-electron chi connectivity index (χ4n) is 3.15. The van der Waals surface area contributed by atoms with Gasteiger partial charge in [0.2, 0.25) is 0 Å². The number of ether oxygens (including phenoxy) is 1. The van der Waals surface area contributed by atoms with Crippen LogP contribution < -0.4 is 15.5 Å². The molecule has 7 heteroatoms. The Labute approximate surface area is 144 Å². The third-order valence-corrected chi connectivity index (χ3v) is 4.48. The summed E-state index contributed by atoms with van der Waals surface area (Å²) in [5, 5.41) is 5.56. The van der Waals surface area contributed by atoms with Gasteiger partial charge in [-0.2, -0.15) is 0 Å². The van der Waals surface area contributed by atoms with Crippen LogP contribution in [0.1, 0.15) is 26.5 Å². The first kappa shape index (κ1) is 15.7. The standard InChI is InChI=1S/C18H19N3O4/c22-17(14-11-25-15-5-6-19-18(23)16(14)15)20-12-1-3-13(4-2-12)21-7-9-24-10-8-21/h1-4,11H,5-10H2,(H,19,23)(H,20,22). The highest BCUT2D eigenvalue weighted by Gasteiger charge is 2.27. The van der Waals surface area contributed by atoms with Crippen molar-refractivity contribution >= 4 is 23.2 Å². The van der Waals surface area contributed by atoms with Crippen LogP contribution in [0.3, 0.4) is 0 Å². The van der Waals surface area contributed by atoms with E-state index in [9.17, 15) is 9.59 Å². The molecule has 0 radical (unpaired) electrons. The lowest BCUT2D eigenvalue weighted by Crippen LogP contribution is -2.36. The lowest BCUT2D eigenvalue weighted by Gasteiger charge is -2.28. The number of amides is 2. The number of benzene rings is 1. The van der Waals surface area contributed by atoms with Gasteiger partial charge in [-0.3, -0.25) is 9.59 Å². The van der Waals surface area contributed by atoms with Gasteiger partial charge < -0.3 is 24.7 Å². The smallest absolute Gasteiger partial charge is 0.259 e. The minimum atomic E-state index is -0.346. The number of furan rings is 1. The van der Waals surface area contributed by atoms with Crippen molar-refractivity contribution in [2.45, 2.75) is 6.42 Å². The van der Waals surface area contributed by atoms with Crippen molar-refractivity contribution < 1.29 is 18.7 Å². The SMILES string of the molecule is O=C(Nc1ccc(N2CCOCC2)cc1)c1coc2c1C(=O)NCC2. The van der Waals surface area contributed by atoms with Gasteiger partial charge in [0.15, 0.2) is 0 Å². The van der Waals surface area contributed by atoms with Crippen LogP contribution in [0.2, 0.25) is 0 Å². The van der Waals surface area contributed by atoms with Gasteiger partial charge in [-0.15, -0.1) is 0 Å². The molecule has 1 fully saturated rings. The van der Waals surface area contributed by atoms with Gasteiger partial charge in [0.25, 0.3) is 11.8 Å². The summed E-state index contributed by atoms with van der Waals surface area (Å²) in [6, 6.07) is 7.65. The number of morpholine rings is 1. The Balaban J connectivity index is 1.48. The molecule has 2 aliphatic rings. The van der Waals surface area contributed by atoms with Crippen LogP contribution in [-0.2, 0) is 11.2 Å². The zero-order valence-corrected chi connectivity index (χ0v) is 13.7. The monoisotopic (exact) mass is 341 g/mol.